The fraction of sp³-hybridized carbons (Fsp3) is 1.00. The summed E-state index contributed by atoms with van der Waals surface area (Å²) in [6.07, 6.45) is -2.85. The van der Waals surface area contributed by atoms with Gasteiger partial charge in [0.1, 0.15) is 0 Å². The average molecular weight is 550 g/mol. The van der Waals surface area contributed by atoms with E-state index in [1.165, 1.54) is 22.6 Å². The van der Waals surface area contributed by atoms with Crippen LogP contribution in [0.1, 0.15) is 58.8 Å². The molecule has 0 aromatic heterocycles. The lowest BCUT2D eigenvalue weighted by molar-refractivity contribution is -0.426. The van der Waals surface area contributed by atoms with Crippen molar-refractivity contribution in [1.82, 2.24) is 0 Å². The smallest absolute Gasteiger partial charge is 0.199 e. The third kappa shape index (κ3) is 5.55. The Morgan fingerprint density at radius 3 is 1.50 bits per heavy atom. The van der Waals surface area contributed by atoms with Gasteiger partial charge in [-0.05, 0) is 6.42 Å². The van der Waals surface area contributed by atoms with Crippen LogP contribution >= 0.6 is 22.6 Å². The van der Waals surface area contributed by atoms with Crippen molar-refractivity contribution in [1.29, 1.82) is 0 Å². The molecule has 12 heteroatoms. The van der Waals surface area contributed by atoms with Crippen LogP contribution in [-0.2, 0) is 0 Å². The van der Waals surface area contributed by atoms with Crippen molar-refractivity contribution in [2.45, 2.75) is 92.6 Å². The maximum Gasteiger partial charge on any atom is 0.460 e. The maximum atomic E-state index is 14.0. The molecule has 0 saturated heterocycles. The summed E-state index contributed by atoms with van der Waals surface area (Å²) in [5, 5.41) is 0. The molecule has 2 unspecified atom stereocenters. The largest absolute Gasteiger partial charge is 0.460 e. The second-order valence-electron chi connectivity index (χ2n) is 6.71. The molecule has 0 bridgehead atoms. The molecule has 170 valence electrons. The van der Waals surface area contributed by atoms with Crippen LogP contribution in [0, 0.1) is 5.92 Å². The van der Waals surface area contributed by atoms with Gasteiger partial charge >= 0.3 is 29.9 Å². The van der Waals surface area contributed by atoms with Crippen molar-refractivity contribution in [3.63, 3.8) is 0 Å². The molecular weight excluding hydrogens is 528 g/mol. The van der Waals surface area contributed by atoms with Gasteiger partial charge in [0.25, 0.3) is 0 Å². The summed E-state index contributed by atoms with van der Waals surface area (Å²) in [7, 11) is 0. The first-order chi connectivity index (χ1) is 12.4. The zero-order chi connectivity index (χ0) is 22.6. The van der Waals surface area contributed by atoms with Gasteiger partial charge in [0, 0.05) is 9.84 Å². The number of hydrogen-bond donors (Lipinski definition) is 0. The van der Waals surface area contributed by atoms with E-state index in [4.69, 9.17) is 0 Å². The molecule has 0 saturated carbocycles. The Hall–Kier alpha value is -0.0400. The molecule has 0 spiro atoms. The van der Waals surface area contributed by atoms with Gasteiger partial charge in [0.05, 0.1) is 0 Å². The highest BCUT2D eigenvalue weighted by molar-refractivity contribution is 14.1. The van der Waals surface area contributed by atoms with E-state index in [-0.39, 0.29) is 6.42 Å². The molecular formula is C16H22F11I. The fourth-order valence-corrected chi connectivity index (χ4v) is 3.36. The van der Waals surface area contributed by atoms with Crippen molar-refractivity contribution >= 4 is 22.6 Å². The predicted molar refractivity (Wildman–Crippen MR) is 90.8 cm³/mol. The minimum atomic E-state index is -7.33. The summed E-state index contributed by atoms with van der Waals surface area (Å²) >= 11 is 1.30. The van der Waals surface area contributed by atoms with E-state index in [1.807, 2.05) is 6.92 Å². The van der Waals surface area contributed by atoms with Crippen LogP contribution in [-0.4, -0.2) is 33.8 Å². The van der Waals surface area contributed by atoms with Gasteiger partial charge in [-0.15, -0.1) is 0 Å². The van der Waals surface area contributed by atoms with Crippen LogP contribution in [0.25, 0.3) is 0 Å². The normalized spacial score (nSPS) is 16.9. The van der Waals surface area contributed by atoms with Crippen molar-refractivity contribution in [3.05, 3.63) is 0 Å². The first kappa shape index (κ1) is 28.0. The Bertz CT molecular complexity index is 474. The molecule has 0 aromatic rings. The van der Waals surface area contributed by atoms with Crippen LogP contribution in [0.5, 0.6) is 0 Å². The van der Waals surface area contributed by atoms with E-state index in [0.717, 1.165) is 25.7 Å². The van der Waals surface area contributed by atoms with Gasteiger partial charge in [-0.1, -0.05) is 75.0 Å². The molecule has 0 aromatic carbocycles. The minimum absolute atomic E-state index is 0.0965. The molecule has 0 fully saturated rings. The lowest BCUT2D eigenvalue weighted by Gasteiger charge is -2.40. The quantitative estimate of drug-likeness (QED) is 0.0994. The lowest BCUT2D eigenvalue weighted by atomic mass is 9.87. The van der Waals surface area contributed by atoms with E-state index in [2.05, 4.69) is 0 Å². The third-order valence-corrected chi connectivity index (χ3v) is 6.21. The van der Waals surface area contributed by atoms with E-state index in [9.17, 15) is 48.3 Å². The molecule has 0 radical (unpaired) electrons. The summed E-state index contributed by atoms with van der Waals surface area (Å²) in [4.78, 5) is 0. The van der Waals surface area contributed by atoms with Crippen molar-refractivity contribution in [2.24, 2.45) is 5.92 Å². The topological polar surface area (TPSA) is 0 Å². The zero-order valence-corrected chi connectivity index (χ0v) is 17.3. The summed E-state index contributed by atoms with van der Waals surface area (Å²) in [5.41, 5.74) is 0. The molecule has 0 nitrogen and oxygen atoms in total. The highest BCUT2D eigenvalue weighted by Gasteiger charge is 2.87. The maximum absolute atomic E-state index is 14.0. The van der Waals surface area contributed by atoms with E-state index < -0.39 is 39.7 Å². The van der Waals surface area contributed by atoms with Crippen LogP contribution in [0.2, 0.25) is 0 Å². The Morgan fingerprint density at radius 1 is 0.643 bits per heavy atom. The number of halogens is 12. The van der Waals surface area contributed by atoms with Gasteiger partial charge in [0.2, 0.25) is 0 Å². The van der Waals surface area contributed by atoms with Crippen molar-refractivity contribution < 1.29 is 48.3 Å². The molecule has 0 amide bonds. The monoisotopic (exact) mass is 550 g/mol. The highest BCUT2D eigenvalue weighted by atomic mass is 127. The van der Waals surface area contributed by atoms with Gasteiger partial charge in [0.15, 0.2) is 0 Å². The second kappa shape index (κ2) is 9.84. The Kier molecular flexibility index (Phi) is 9.83. The number of rotatable bonds is 12. The summed E-state index contributed by atoms with van der Waals surface area (Å²) in [5.74, 6) is -29.9. The number of unbranched alkanes of at least 4 members (excludes halogenated alkanes) is 5. The Labute approximate surface area is 169 Å². The summed E-state index contributed by atoms with van der Waals surface area (Å²) in [6, 6.07) is 0. The summed E-state index contributed by atoms with van der Waals surface area (Å²) < 4.78 is 143. The van der Waals surface area contributed by atoms with Gasteiger partial charge in [-0.25, -0.2) is 0 Å². The standard InChI is InChI=1S/C16H22F11I/c1-3-4-5-6-7-8-9-11(28)10(2)12(17,18)13(19,20)14(21,22)15(23,24)16(25,26)27/h10-11H,3-9H2,1-2H3. The Morgan fingerprint density at radius 2 is 1.07 bits per heavy atom. The van der Waals surface area contributed by atoms with Crippen LogP contribution in [0.3, 0.4) is 0 Å². The van der Waals surface area contributed by atoms with Crippen molar-refractivity contribution in [2.75, 3.05) is 0 Å². The third-order valence-electron chi connectivity index (χ3n) is 4.51. The number of hydrogen-bond acceptors (Lipinski definition) is 0. The van der Waals surface area contributed by atoms with E-state index in [0.29, 0.717) is 19.8 Å². The predicted octanol–water partition coefficient (Wildman–Crippen LogP) is 8.28. The molecule has 2 atom stereocenters. The average Bonchev–Trinajstić information content (AvgIpc) is 2.55. The molecule has 0 aliphatic carbocycles. The Balaban J connectivity index is 5.31. The van der Waals surface area contributed by atoms with Crippen LogP contribution < -0.4 is 0 Å². The highest BCUT2D eigenvalue weighted by Crippen LogP contribution is 2.59. The van der Waals surface area contributed by atoms with Gasteiger partial charge < -0.3 is 0 Å². The van der Waals surface area contributed by atoms with Gasteiger partial charge in [-0.3, -0.25) is 0 Å². The lowest BCUT2D eigenvalue weighted by Crippen LogP contribution is -2.68. The van der Waals surface area contributed by atoms with Crippen LogP contribution in [0.15, 0.2) is 0 Å². The molecule has 0 heterocycles. The second-order valence-corrected chi connectivity index (χ2v) is 8.30. The molecule has 0 aliphatic heterocycles. The minimum Gasteiger partial charge on any atom is -0.199 e. The fourth-order valence-electron chi connectivity index (χ4n) is 2.47. The van der Waals surface area contributed by atoms with E-state index in [1.54, 1.807) is 0 Å². The van der Waals surface area contributed by atoms with E-state index >= 15 is 0 Å². The van der Waals surface area contributed by atoms with Gasteiger partial charge in [-0.2, -0.15) is 48.3 Å². The first-order valence-corrected chi connectivity index (χ1v) is 9.86. The zero-order valence-electron chi connectivity index (χ0n) is 15.1. The molecule has 28 heavy (non-hydrogen) atoms. The first-order valence-electron chi connectivity index (χ1n) is 8.61. The number of alkyl halides is 12. The summed E-state index contributed by atoms with van der Waals surface area (Å²) in [6.45, 7) is 2.40. The van der Waals surface area contributed by atoms with Crippen molar-refractivity contribution in [3.8, 4) is 0 Å². The van der Waals surface area contributed by atoms with Crippen LogP contribution in [0.4, 0.5) is 48.3 Å². The molecule has 0 rings (SSSR count). The SMILES string of the molecule is CCCCCCCCC(I)C(C)C(F)(F)C(F)(F)C(F)(F)C(F)(F)C(F)(F)F. The molecule has 0 aliphatic rings. The molecule has 0 N–H and O–H groups in total.